The summed E-state index contributed by atoms with van der Waals surface area (Å²) in [5, 5.41) is 7.62. The Morgan fingerprint density at radius 2 is 1.86 bits per heavy atom. The van der Waals surface area contributed by atoms with E-state index in [1.807, 2.05) is 37.3 Å². The van der Waals surface area contributed by atoms with Crippen molar-refractivity contribution in [3.63, 3.8) is 0 Å². The van der Waals surface area contributed by atoms with Gasteiger partial charge in [0.1, 0.15) is 5.75 Å². The molecule has 4 rings (SSSR count). The number of amides is 3. The van der Waals surface area contributed by atoms with E-state index in [2.05, 4.69) is 28.8 Å². The van der Waals surface area contributed by atoms with Crippen LogP contribution in [0.1, 0.15) is 44.2 Å². The molecule has 7 heteroatoms. The van der Waals surface area contributed by atoms with Crippen LogP contribution in [0.4, 0.5) is 5.69 Å². The molecule has 1 atom stereocenters. The van der Waals surface area contributed by atoms with Crippen molar-refractivity contribution in [2.24, 2.45) is 0 Å². The maximum Gasteiger partial charge on any atom is 0.237 e. The fourth-order valence-electron chi connectivity index (χ4n) is 4.40. The number of nitrogens with one attached hydrogen (secondary N) is 2. The average Bonchev–Trinajstić information content (AvgIpc) is 2.85. The summed E-state index contributed by atoms with van der Waals surface area (Å²) in [5.41, 5.74) is 7.89. The van der Waals surface area contributed by atoms with Crippen LogP contribution >= 0.6 is 0 Å². The van der Waals surface area contributed by atoms with Gasteiger partial charge in [0, 0.05) is 25.6 Å². The highest BCUT2D eigenvalue weighted by molar-refractivity contribution is 6.03. The maximum atomic E-state index is 12.1. The fraction of sp³-hybridized carbons (Fsp3) is 0.321. The van der Waals surface area contributed by atoms with Gasteiger partial charge >= 0.3 is 0 Å². The quantitative estimate of drug-likeness (QED) is 0.370. The van der Waals surface area contributed by atoms with Crippen LogP contribution in [0.15, 0.2) is 60.7 Å². The molecule has 3 aromatic carbocycles. The van der Waals surface area contributed by atoms with Gasteiger partial charge in [-0.3, -0.25) is 19.7 Å². The Bertz CT molecular complexity index is 1210. The number of ether oxygens (including phenoxy) is 1. The number of methoxy groups -OCH3 is 1. The number of rotatable bonds is 6. The van der Waals surface area contributed by atoms with Crippen molar-refractivity contribution < 1.29 is 19.1 Å². The van der Waals surface area contributed by atoms with Crippen LogP contribution in [0, 0.1) is 0 Å². The Kier molecular flexibility index (Phi) is 8.47. The third kappa shape index (κ3) is 6.18. The molecular weight excluding hydrogens is 442 g/mol. The van der Waals surface area contributed by atoms with Gasteiger partial charge < -0.3 is 15.8 Å². The first kappa shape index (κ1) is 25.7. The molecule has 3 aromatic rings. The largest absolute Gasteiger partial charge is 0.497 e. The second kappa shape index (κ2) is 11.5. The van der Waals surface area contributed by atoms with Crippen molar-refractivity contribution in [2.45, 2.75) is 44.9 Å². The summed E-state index contributed by atoms with van der Waals surface area (Å²) < 4.78 is 5.25. The summed E-state index contributed by atoms with van der Waals surface area (Å²) in [4.78, 5) is 34.2. The minimum absolute atomic E-state index is 0.00724. The number of hydrogen-bond donors (Lipinski definition) is 3. The predicted octanol–water partition coefficient (Wildman–Crippen LogP) is 3.88. The van der Waals surface area contributed by atoms with Gasteiger partial charge in [-0.2, -0.15) is 0 Å². The summed E-state index contributed by atoms with van der Waals surface area (Å²) in [6.45, 7) is 4.16. The van der Waals surface area contributed by atoms with Crippen LogP contribution in [-0.2, 0) is 26.2 Å². The summed E-state index contributed by atoms with van der Waals surface area (Å²) in [5.74, 6) is 0.484. The predicted molar refractivity (Wildman–Crippen MR) is 138 cm³/mol. The Balaban J connectivity index is 0.000000196. The molecule has 4 N–H and O–H groups in total. The number of anilines is 1. The topological polar surface area (TPSA) is 111 Å². The van der Waals surface area contributed by atoms with Crippen molar-refractivity contribution >= 4 is 34.2 Å². The highest BCUT2D eigenvalue weighted by Crippen LogP contribution is 2.36. The van der Waals surface area contributed by atoms with Crippen LogP contribution in [-0.4, -0.2) is 31.4 Å². The Morgan fingerprint density at radius 1 is 1.11 bits per heavy atom. The molecule has 1 heterocycles. The van der Waals surface area contributed by atoms with E-state index in [0.717, 1.165) is 17.7 Å². The van der Waals surface area contributed by atoms with E-state index in [0.29, 0.717) is 31.5 Å². The first-order valence-electron chi connectivity index (χ1n) is 11.8. The van der Waals surface area contributed by atoms with Crippen LogP contribution in [0.5, 0.6) is 5.75 Å². The van der Waals surface area contributed by atoms with Crippen molar-refractivity contribution in [1.82, 2.24) is 10.6 Å². The summed E-state index contributed by atoms with van der Waals surface area (Å²) in [6, 6.07) is 19.6. The van der Waals surface area contributed by atoms with E-state index >= 15 is 0 Å². The standard InChI is InChI=1S/C15H17NO2.C13H16N2O2/c1-11(17)16-9-8-13-5-3-4-12-6-7-14(18-2)10-15(12)13;1-2-13(8-7-11(16)15-12(13)17)9-3-5-10(14)6-4-9/h3-7,10H,8-9H2,1-2H3,(H,16,17);3-6H,2,7-8,14H2,1H3,(H,15,16,17). The molecule has 0 radical (unpaired) electrons. The zero-order valence-corrected chi connectivity index (χ0v) is 20.5. The zero-order valence-electron chi connectivity index (χ0n) is 20.5. The Labute approximate surface area is 206 Å². The zero-order chi connectivity index (χ0) is 25.4. The molecule has 0 spiro atoms. The summed E-state index contributed by atoms with van der Waals surface area (Å²) in [6.07, 6.45) is 2.46. The number of fused-ring (bicyclic) bond motifs is 1. The molecule has 35 heavy (non-hydrogen) atoms. The molecule has 1 aliphatic rings. The summed E-state index contributed by atoms with van der Waals surface area (Å²) in [7, 11) is 1.67. The lowest BCUT2D eigenvalue weighted by Gasteiger charge is -2.34. The lowest BCUT2D eigenvalue weighted by atomic mass is 9.72. The van der Waals surface area contributed by atoms with E-state index < -0.39 is 5.41 Å². The highest BCUT2D eigenvalue weighted by atomic mass is 16.5. The lowest BCUT2D eigenvalue weighted by Crippen LogP contribution is -2.51. The van der Waals surface area contributed by atoms with Crippen molar-refractivity contribution in [2.75, 3.05) is 19.4 Å². The third-order valence-corrected chi connectivity index (χ3v) is 6.48. The van der Waals surface area contributed by atoms with E-state index in [-0.39, 0.29) is 17.7 Å². The second-order valence-electron chi connectivity index (χ2n) is 8.67. The molecule has 0 aliphatic carbocycles. The maximum absolute atomic E-state index is 12.1. The van der Waals surface area contributed by atoms with Crippen molar-refractivity contribution in [1.29, 1.82) is 0 Å². The number of carbonyl (C=O) groups is 3. The monoisotopic (exact) mass is 475 g/mol. The Hall–Kier alpha value is -3.87. The van der Waals surface area contributed by atoms with Crippen LogP contribution < -0.4 is 21.1 Å². The van der Waals surface area contributed by atoms with Gasteiger partial charge in [-0.15, -0.1) is 0 Å². The van der Waals surface area contributed by atoms with Gasteiger partial charge in [0.25, 0.3) is 0 Å². The molecule has 0 saturated carbocycles. The smallest absolute Gasteiger partial charge is 0.237 e. The molecule has 184 valence electrons. The molecular formula is C28H33N3O4. The number of hydrogen-bond acceptors (Lipinski definition) is 5. The molecule has 0 bridgehead atoms. The highest BCUT2D eigenvalue weighted by Gasteiger charge is 2.42. The molecule has 1 saturated heterocycles. The molecule has 7 nitrogen and oxygen atoms in total. The normalized spacial score (nSPS) is 17.2. The molecule has 0 aromatic heterocycles. The first-order chi connectivity index (χ1) is 16.8. The number of benzene rings is 3. The minimum Gasteiger partial charge on any atom is -0.497 e. The van der Waals surface area contributed by atoms with Gasteiger partial charge in [-0.05, 0) is 65.4 Å². The van der Waals surface area contributed by atoms with Gasteiger partial charge in [0.05, 0.1) is 12.5 Å². The van der Waals surface area contributed by atoms with Gasteiger partial charge in [0.2, 0.25) is 17.7 Å². The first-order valence-corrected chi connectivity index (χ1v) is 11.8. The fourth-order valence-corrected chi connectivity index (χ4v) is 4.40. The molecule has 1 fully saturated rings. The van der Waals surface area contributed by atoms with Crippen molar-refractivity contribution in [3.05, 3.63) is 71.8 Å². The molecule has 1 unspecified atom stereocenters. The number of piperidine rings is 1. The minimum atomic E-state index is -0.582. The number of imide groups is 1. The Morgan fingerprint density at radius 3 is 2.49 bits per heavy atom. The van der Waals surface area contributed by atoms with Crippen LogP contribution in [0.3, 0.4) is 0 Å². The van der Waals surface area contributed by atoms with E-state index in [1.54, 1.807) is 19.2 Å². The lowest BCUT2D eigenvalue weighted by molar-refractivity contribution is -0.138. The SMILES string of the molecule is CCC1(c2ccc(N)cc2)CCC(=O)NC1=O.COc1ccc2cccc(CCNC(C)=O)c2c1. The van der Waals surface area contributed by atoms with Gasteiger partial charge in [0.15, 0.2) is 0 Å². The number of carbonyl (C=O) groups excluding carboxylic acids is 3. The van der Waals surface area contributed by atoms with Crippen molar-refractivity contribution in [3.8, 4) is 5.75 Å². The van der Waals surface area contributed by atoms with E-state index in [9.17, 15) is 14.4 Å². The summed E-state index contributed by atoms with van der Waals surface area (Å²) >= 11 is 0. The average molecular weight is 476 g/mol. The molecule has 1 aliphatic heterocycles. The van der Waals surface area contributed by atoms with E-state index in [1.165, 1.54) is 23.3 Å². The van der Waals surface area contributed by atoms with Crippen LogP contribution in [0.25, 0.3) is 10.8 Å². The van der Waals surface area contributed by atoms with Gasteiger partial charge in [-0.1, -0.05) is 43.3 Å². The van der Waals surface area contributed by atoms with Gasteiger partial charge in [-0.25, -0.2) is 0 Å². The van der Waals surface area contributed by atoms with E-state index in [4.69, 9.17) is 10.5 Å². The number of nitrogens with two attached hydrogens (primary N) is 1. The third-order valence-electron chi connectivity index (χ3n) is 6.48. The molecule has 3 amide bonds. The second-order valence-corrected chi connectivity index (χ2v) is 8.67. The number of nitrogen functional groups attached to an aromatic ring is 1. The van der Waals surface area contributed by atoms with Crippen LogP contribution in [0.2, 0.25) is 0 Å².